The van der Waals surface area contributed by atoms with E-state index in [9.17, 15) is 4.79 Å². The van der Waals surface area contributed by atoms with E-state index in [4.69, 9.17) is 0 Å². The van der Waals surface area contributed by atoms with Gasteiger partial charge in [-0.15, -0.1) is 0 Å². The van der Waals surface area contributed by atoms with Crippen molar-refractivity contribution in [2.24, 2.45) is 4.99 Å². The van der Waals surface area contributed by atoms with Crippen LogP contribution in [0.15, 0.2) is 4.99 Å². The minimum atomic E-state index is 0.163. The van der Waals surface area contributed by atoms with Crippen LogP contribution in [0.4, 0.5) is 0 Å². The molecule has 0 spiro atoms. The van der Waals surface area contributed by atoms with E-state index < -0.39 is 0 Å². The molecule has 1 heterocycles. The van der Waals surface area contributed by atoms with Gasteiger partial charge in [0, 0.05) is 19.8 Å². The van der Waals surface area contributed by atoms with Gasteiger partial charge >= 0.3 is 0 Å². The highest BCUT2D eigenvalue weighted by Crippen LogP contribution is 1.92. The molecule has 0 aromatic carbocycles. The molecule has 50 valence electrons. The van der Waals surface area contributed by atoms with E-state index in [1.165, 1.54) is 0 Å². The Hall–Kier alpha value is -0.860. The standard InChI is InChI=1S/C6H10N2O/c1-8-5-4-7-3-2-6(8)9/h3H,2,4-5H2,1H3. The van der Waals surface area contributed by atoms with Gasteiger partial charge in [0.25, 0.3) is 0 Å². The molecule has 0 fully saturated rings. The summed E-state index contributed by atoms with van der Waals surface area (Å²) in [5.74, 6) is 0.163. The molecule has 0 unspecified atom stereocenters. The molecule has 3 nitrogen and oxygen atoms in total. The van der Waals surface area contributed by atoms with Gasteiger partial charge in [0.15, 0.2) is 0 Å². The Morgan fingerprint density at radius 2 is 2.56 bits per heavy atom. The summed E-state index contributed by atoms with van der Waals surface area (Å²) in [6.45, 7) is 1.51. The predicted octanol–water partition coefficient (Wildman–Crippen LogP) is -0.0807. The minimum Gasteiger partial charge on any atom is -0.344 e. The Morgan fingerprint density at radius 3 is 3.33 bits per heavy atom. The quantitative estimate of drug-likeness (QED) is 0.447. The van der Waals surface area contributed by atoms with Crippen molar-refractivity contribution in [3.05, 3.63) is 0 Å². The number of amides is 1. The molecule has 0 aromatic rings. The van der Waals surface area contributed by atoms with Crippen LogP contribution in [-0.2, 0) is 4.79 Å². The Morgan fingerprint density at radius 1 is 1.78 bits per heavy atom. The van der Waals surface area contributed by atoms with Crippen LogP contribution in [0.5, 0.6) is 0 Å². The summed E-state index contributed by atoms with van der Waals surface area (Å²) in [5, 5.41) is 0. The van der Waals surface area contributed by atoms with E-state index in [1.54, 1.807) is 18.2 Å². The molecule has 1 rings (SSSR count). The van der Waals surface area contributed by atoms with Gasteiger partial charge in [-0.1, -0.05) is 0 Å². The van der Waals surface area contributed by atoms with Gasteiger partial charge in [0.05, 0.1) is 13.0 Å². The average Bonchev–Trinajstić information content (AvgIpc) is 1.99. The number of rotatable bonds is 0. The number of nitrogens with zero attached hydrogens (tertiary/aromatic N) is 2. The second kappa shape index (κ2) is 2.62. The molecule has 3 heteroatoms. The number of aliphatic imine (C=N–C) groups is 1. The van der Waals surface area contributed by atoms with Crippen molar-refractivity contribution in [1.82, 2.24) is 4.90 Å². The second-order valence-corrected chi connectivity index (χ2v) is 2.11. The molecule has 0 radical (unpaired) electrons. The fraction of sp³-hybridized carbons (Fsp3) is 0.667. The lowest BCUT2D eigenvalue weighted by atomic mass is 10.4. The molecular formula is C6H10N2O. The zero-order chi connectivity index (χ0) is 6.69. The smallest absolute Gasteiger partial charge is 0.227 e. The molecule has 0 saturated carbocycles. The first kappa shape index (κ1) is 6.26. The molecule has 1 aliphatic heterocycles. The number of hydrogen-bond donors (Lipinski definition) is 0. The third-order valence-electron chi connectivity index (χ3n) is 1.39. The van der Waals surface area contributed by atoms with Crippen LogP contribution in [-0.4, -0.2) is 37.2 Å². The van der Waals surface area contributed by atoms with Crippen LogP contribution in [0.25, 0.3) is 0 Å². The highest BCUT2D eigenvalue weighted by Gasteiger charge is 2.07. The summed E-state index contributed by atoms with van der Waals surface area (Å²) in [7, 11) is 1.80. The lowest BCUT2D eigenvalue weighted by molar-refractivity contribution is -0.128. The molecule has 1 aliphatic rings. The molecule has 1 amide bonds. The maximum absolute atomic E-state index is 10.8. The fourth-order valence-corrected chi connectivity index (χ4v) is 0.722. The van der Waals surface area contributed by atoms with Gasteiger partial charge in [0.2, 0.25) is 5.91 Å². The van der Waals surface area contributed by atoms with Crippen molar-refractivity contribution in [1.29, 1.82) is 0 Å². The van der Waals surface area contributed by atoms with E-state index in [1.807, 2.05) is 0 Å². The van der Waals surface area contributed by atoms with Crippen LogP contribution in [0, 0.1) is 0 Å². The molecule has 0 saturated heterocycles. The summed E-state index contributed by atoms with van der Waals surface area (Å²) in [5.41, 5.74) is 0. The van der Waals surface area contributed by atoms with Gasteiger partial charge in [-0.2, -0.15) is 0 Å². The molecule has 0 aliphatic carbocycles. The van der Waals surface area contributed by atoms with Gasteiger partial charge in [0.1, 0.15) is 0 Å². The largest absolute Gasteiger partial charge is 0.344 e. The topological polar surface area (TPSA) is 32.7 Å². The van der Waals surface area contributed by atoms with Gasteiger partial charge in [-0.05, 0) is 0 Å². The molecular weight excluding hydrogens is 116 g/mol. The maximum atomic E-state index is 10.8. The van der Waals surface area contributed by atoms with Crippen molar-refractivity contribution < 1.29 is 4.79 Å². The van der Waals surface area contributed by atoms with E-state index in [-0.39, 0.29) is 5.91 Å². The van der Waals surface area contributed by atoms with Crippen molar-refractivity contribution in [3.63, 3.8) is 0 Å². The monoisotopic (exact) mass is 126 g/mol. The third kappa shape index (κ3) is 1.52. The maximum Gasteiger partial charge on any atom is 0.227 e. The summed E-state index contributed by atoms with van der Waals surface area (Å²) in [6.07, 6.45) is 2.16. The zero-order valence-electron chi connectivity index (χ0n) is 5.50. The van der Waals surface area contributed by atoms with E-state index in [2.05, 4.69) is 4.99 Å². The van der Waals surface area contributed by atoms with Crippen LogP contribution >= 0.6 is 0 Å². The first-order valence-electron chi connectivity index (χ1n) is 3.03. The number of carbonyl (C=O) groups is 1. The fourth-order valence-electron chi connectivity index (χ4n) is 0.722. The highest BCUT2D eigenvalue weighted by molar-refractivity contribution is 5.90. The van der Waals surface area contributed by atoms with Crippen LogP contribution in [0.3, 0.4) is 0 Å². The first-order valence-corrected chi connectivity index (χ1v) is 3.03. The Labute approximate surface area is 54.4 Å². The SMILES string of the molecule is CN1CCN=CCC1=O. The number of carbonyl (C=O) groups excluding carboxylic acids is 1. The van der Waals surface area contributed by atoms with E-state index in [0.29, 0.717) is 6.42 Å². The van der Waals surface area contributed by atoms with Gasteiger partial charge in [-0.3, -0.25) is 9.79 Å². The summed E-state index contributed by atoms with van der Waals surface area (Å²) >= 11 is 0. The molecule has 0 aromatic heterocycles. The van der Waals surface area contributed by atoms with Crippen LogP contribution in [0.2, 0.25) is 0 Å². The van der Waals surface area contributed by atoms with E-state index in [0.717, 1.165) is 13.1 Å². The number of likely N-dealkylation sites (N-methyl/N-ethyl adjacent to an activating group) is 1. The van der Waals surface area contributed by atoms with Crippen molar-refractivity contribution in [2.75, 3.05) is 20.1 Å². The van der Waals surface area contributed by atoms with E-state index >= 15 is 0 Å². The summed E-state index contributed by atoms with van der Waals surface area (Å²) in [4.78, 5) is 16.5. The Kier molecular flexibility index (Phi) is 1.82. The van der Waals surface area contributed by atoms with Crippen LogP contribution < -0.4 is 0 Å². The summed E-state index contributed by atoms with van der Waals surface area (Å²) < 4.78 is 0. The predicted molar refractivity (Wildman–Crippen MR) is 35.6 cm³/mol. The van der Waals surface area contributed by atoms with Crippen molar-refractivity contribution in [2.45, 2.75) is 6.42 Å². The minimum absolute atomic E-state index is 0.163. The first-order chi connectivity index (χ1) is 4.30. The molecule has 9 heavy (non-hydrogen) atoms. The zero-order valence-corrected chi connectivity index (χ0v) is 5.50. The average molecular weight is 126 g/mol. The van der Waals surface area contributed by atoms with Gasteiger partial charge < -0.3 is 4.90 Å². The lowest BCUT2D eigenvalue weighted by Gasteiger charge is -2.11. The van der Waals surface area contributed by atoms with Crippen LogP contribution in [0.1, 0.15) is 6.42 Å². The van der Waals surface area contributed by atoms with Crippen molar-refractivity contribution in [3.8, 4) is 0 Å². The molecule has 0 bridgehead atoms. The molecule has 0 atom stereocenters. The number of hydrogen-bond acceptors (Lipinski definition) is 2. The van der Waals surface area contributed by atoms with Gasteiger partial charge in [-0.25, -0.2) is 0 Å². The highest BCUT2D eigenvalue weighted by atomic mass is 16.2. The second-order valence-electron chi connectivity index (χ2n) is 2.11. The lowest BCUT2D eigenvalue weighted by Crippen LogP contribution is -2.27. The Bertz CT molecular complexity index is 142. The Balaban J connectivity index is 2.52. The third-order valence-corrected chi connectivity index (χ3v) is 1.39. The van der Waals surface area contributed by atoms with Crippen molar-refractivity contribution >= 4 is 12.1 Å². The summed E-state index contributed by atoms with van der Waals surface area (Å²) in [6, 6.07) is 0. The normalized spacial score (nSPS) is 20.1. The molecule has 0 N–H and O–H groups in total.